The van der Waals surface area contributed by atoms with Crippen LogP contribution in [0, 0.1) is 19.8 Å². The largest absolute Gasteiger partial charge is 0.391 e. The summed E-state index contributed by atoms with van der Waals surface area (Å²) in [4.78, 5) is 27.4. The molecule has 1 N–H and O–H groups in total. The molecular weight excluding hydrogens is 439 g/mol. The van der Waals surface area contributed by atoms with Crippen molar-refractivity contribution in [2.75, 3.05) is 28.2 Å². The van der Waals surface area contributed by atoms with E-state index in [9.17, 15) is 18.0 Å². The first-order chi connectivity index (χ1) is 15.2. The second-order valence-corrected chi connectivity index (χ2v) is 10.2. The Morgan fingerprint density at radius 3 is 2.72 bits per heavy atom. The Balaban J connectivity index is 1.44. The second-order valence-electron chi connectivity index (χ2n) is 9.03. The summed E-state index contributed by atoms with van der Waals surface area (Å²) in [5.74, 6) is -0.980. The smallest absolute Gasteiger partial charge is 0.366 e. The molecule has 2 amide bonds. The first kappa shape index (κ1) is 21.5. The fourth-order valence-electron chi connectivity index (χ4n) is 5.15. The van der Waals surface area contributed by atoms with Crippen LogP contribution in [0.4, 0.5) is 34.6 Å². The molecule has 4 heterocycles. The highest BCUT2D eigenvalue weighted by atomic mass is 32.1. The predicted molar refractivity (Wildman–Crippen MR) is 119 cm³/mol. The number of nitrogens with zero attached hydrogens (tertiary/aromatic N) is 4. The fourth-order valence-corrected chi connectivity index (χ4v) is 5.95. The summed E-state index contributed by atoms with van der Waals surface area (Å²) >= 11 is 1.43. The number of hydrogen-bond donors (Lipinski definition) is 1. The lowest BCUT2D eigenvalue weighted by molar-refractivity contribution is -0.183. The molecule has 1 aliphatic carbocycles. The van der Waals surface area contributed by atoms with Crippen molar-refractivity contribution in [3.8, 4) is 0 Å². The number of pyridine rings is 1. The van der Waals surface area contributed by atoms with Gasteiger partial charge in [-0.05, 0) is 51.7 Å². The van der Waals surface area contributed by atoms with Crippen molar-refractivity contribution in [3.63, 3.8) is 0 Å². The standard InChI is InChI=1S/C22H26F3N5OS/c1-12-13(2)32-20(26-12)28-21(31)30-16-8-9-29(11-16)18-7-6-17(27-19(18)30)14-4-3-5-15(10-14)22(23,24)25/h6-7,14-16H,3-5,8-11H2,1-2H3,(H,26,28,31)/t14?,15?,16-/m0/s1. The molecule has 3 atom stereocenters. The summed E-state index contributed by atoms with van der Waals surface area (Å²) in [5.41, 5.74) is 2.40. The number of urea groups is 1. The molecule has 0 aromatic carbocycles. The summed E-state index contributed by atoms with van der Waals surface area (Å²) in [6.07, 6.45) is -1.87. The Bertz CT molecular complexity index is 1020. The molecular formula is C22H26F3N5OS. The van der Waals surface area contributed by atoms with Gasteiger partial charge < -0.3 is 4.90 Å². The summed E-state index contributed by atoms with van der Waals surface area (Å²) in [6, 6.07) is 3.48. The van der Waals surface area contributed by atoms with E-state index in [0.717, 1.165) is 35.8 Å². The molecule has 6 nitrogen and oxygen atoms in total. The van der Waals surface area contributed by atoms with Gasteiger partial charge in [-0.2, -0.15) is 13.2 Å². The highest BCUT2D eigenvalue weighted by Crippen LogP contribution is 2.45. The Morgan fingerprint density at radius 2 is 2.00 bits per heavy atom. The molecule has 5 rings (SSSR count). The van der Waals surface area contributed by atoms with Crippen LogP contribution in [0.2, 0.25) is 0 Å². The van der Waals surface area contributed by atoms with Gasteiger partial charge in [-0.25, -0.2) is 14.8 Å². The lowest BCUT2D eigenvalue weighted by Gasteiger charge is -2.36. The van der Waals surface area contributed by atoms with Gasteiger partial charge in [0.15, 0.2) is 10.9 Å². The number of rotatable bonds is 2. The summed E-state index contributed by atoms with van der Waals surface area (Å²) < 4.78 is 40.0. The van der Waals surface area contributed by atoms with Crippen molar-refractivity contribution in [3.05, 3.63) is 28.4 Å². The number of alkyl halides is 3. The van der Waals surface area contributed by atoms with E-state index in [-0.39, 0.29) is 30.8 Å². The molecule has 0 spiro atoms. The van der Waals surface area contributed by atoms with E-state index in [1.54, 1.807) is 4.90 Å². The molecule has 172 valence electrons. The van der Waals surface area contributed by atoms with Crippen molar-refractivity contribution >= 4 is 34.0 Å². The first-order valence-corrected chi connectivity index (χ1v) is 11.9. The quantitative estimate of drug-likeness (QED) is 0.625. The van der Waals surface area contributed by atoms with Gasteiger partial charge in [0, 0.05) is 29.6 Å². The van der Waals surface area contributed by atoms with Crippen molar-refractivity contribution in [2.24, 2.45) is 5.92 Å². The molecule has 2 aliphatic heterocycles. The van der Waals surface area contributed by atoms with Gasteiger partial charge in [-0.3, -0.25) is 10.2 Å². The minimum Gasteiger partial charge on any atom is -0.366 e. The summed E-state index contributed by atoms with van der Waals surface area (Å²) in [7, 11) is 0. The predicted octanol–water partition coefficient (Wildman–Crippen LogP) is 5.62. The van der Waals surface area contributed by atoms with E-state index in [0.29, 0.717) is 29.5 Å². The van der Waals surface area contributed by atoms with Gasteiger partial charge >= 0.3 is 12.2 Å². The van der Waals surface area contributed by atoms with Gasteiger partial charge in [-0.1, -0.05) is 6.42 Å². The van der Waals surface area contributed by atoms with Crippen LogP contribution in [-0.4, -0.2) is 41.3 Å². The minimum atomic E-state index is -4.17. The number of anilines is 3. The third-order valence-corrected chi connectivity index (χ3v) is 7.98. The van der Waals surface area contributed by atoms with E-state index in [1.807, 2.05) is 26.0 Å². The molecule has 2 bridgehead atoms. The highest BCUT2D eigenvalue weighted by molar-refractivity contribution is 7.15. The molecule has 2 unspecified atom stereocenters. The molecule has 2 aromatic rings. The molecule has 1 saturated carbocycles. The van der Waals surface area contributed by atoms with Crippen LogP contribution < -0.4 is 15.1 Å². The van der Waals surface area contributed by atoms with Crippen molar-refractivity contribution in [1.29, 1.82) is 0 Å². The Hall–Kier alpha value is -2.36. The number of aryl methyl sites for hydroxylation is 2. The van der Waals surface area contributed by atoms with Crippen molar-refractivity contribution in [2.45, 2.75) is 64.1 Å². The van der Waals surface area contributed by atoms with Gasteiger partial charge in [0.1, 0.15) is 0 Å². The van der Waals surface area contributed by atoms with Crippen LogP contribution >= 0.6 is 11.3 Å². The number of carbonyl (C=O) groups excluding carboxylic acids is 1. The Morgan fingerprint density at radius 1 is 1.19 bits per heavy atom. The maximum absolute atomic E-state index is 13.3. The average molecular weight is 466 g/mol. The average Bonchev–Trinajstić information content (AvgIpc) is 3.30. The van der Waals surface area contributed by atoms with Crippen LogP contribution in [0.1, 0.15) is 54.3 Å². The zero-order valence-corrected chi connectivity index (χ0v) is 18.9. The molecule has 3 aliphatic rings. The van der Waals surface area contributed by atoms with Crippen LogP contribution in [0.25, 0.3) is 0 Å². The molecule has 0 radical (unpaired) electrons. The highest BCUT2D eigenvalue weighted by Gasteiger charge is 2.44. The fraction of sp³-hybridized carbons (Fsp3) is 0.591. The third-order valence-electron chi connectivity index (χ3n) is 6.99. The summed E-state index contributed by atoms with van der Waals surface area (Å²) in [5, 5.41) is 3.45. The number of thiazole rings is 1. The number of halogens is 3. The summed E-state index contributed by atoms with van der Waals surface area (Å²) in [6.45, 7) is 5.42. The number of fused-ring (bicyclic) bond motifs is 4. The first-order valence-electron chi connectivity index (χ1n) is 11.1. The van der Waals surface area contributed by atoms with Crippen molar-refractivity contribution in [1.82, 2.24) is 9.97 Å². The van der Waals surface area contributed by atoms with Gasteiger partial charge in [0.05, 0.1) is 23.3 Å². The lowest BCUT2D eigenvalue weighted by Crippen LogP contribution is -2.48. The molecule has 10 heteroatoms. The van der Waals surface area contributed by atoms with E-state index < -0.39 is 12.1 Å². The Labute approximate surface area is 188 Å². The normalized spacial score (nSPS) is 25.1. The zero-order valence-electron chi connectivity index (χ0n) is 18.1. The number of aromatic nitrogens is 2. The number of hydrogen-bond acceptors (Lipinski definition) is 5. The van der Waals surface area contributed by atoms with Crippen molar-refractivity contribution < 1.29 is 18.0 Å². The maximum Gasteiger partial charge on any atom is 0.391 e. The number of nitrogens with one attached hydrogen (secondary N) is 1. The molecule has 2 aromatic heterocycles. The third kappa shape index (κ3) is 3.82. The number of amides is 2. The topological polar surface area (TPSA) is 61.4 Å². The maximum atomic E-state index is 13.3. The Kier molecular flexibility index (Phi) is 5.30. The van der Waals surface area contributed by atoms with E-state index in [1.165, 1.54) is 11.3 Å². The minimum absolute atomic E-state index is 0.0123. The molecule has 32 heavy (non-hydrogen) atoms. The van der Waals surface area contributed by atoms with E-state index >= 15 is 0 Å². The SMILES string of the molecule is Cc1nc(NC(=O)N2c3nc(C4CCCC(C(F)(F)F)C4)ccc3N3CC[C@H]2C3)sc1C. The van der Waals surface area contributed by atoms with Crippen LogP contribution in [0.5, 0.6) is 0 Å². The monoisotopic (exact) mass is 465 g/mol. The molecule has 2 fully saturated rings. The van der Waals surface area contributed by atoms with Crippen LogP contribution in [0.15, 0.2) is 12.1 Å². The van der Waals surface area contributed by atoms with Gasteiger partial charge in [0.2, 0.25) is 0 Å². The van der Waals surface area contributed by atoms with Crippen LogP contribution in [0.3, 0.4) is 0 Å². The van der Waals surface area contributed by atoms with E-state index in [4.69, 9.17) is 4.98 Å². The zero-order chi connectivity index (χ0) is 22.6. The lowest BCUT2D eigenvalue weighted by atomic mass is 9.79. The van der Waals surface area contributed by atoms with Crippen LogP contribution in [-0.2, 0) is 0 Å². The second kappa shape index (κ2) is 7.90. The molecule has 1 saturated heterocycles. The van der Waals surface area contributed by atoms with E-state index in [2.05, 4.69) is 15.2 Å². The number of carbonyl (C=O) groups is 1. The van der Waals surface area contributed by atoms with Gasteiger partial charge in [0.25, 0.3) is 0 Å². The van der Waals surface area contributed by atoms with Gasteiger partial charge in [-0.15, -0.1) is 11.3 Å².